The zero-order valence-corrected chi connectivity index (χ0v) is 17.2. The van der Waals surface area contributed by atoms with E-state index in [-0.39, 0.29) is 11.7 Å². The van der Waals surface area contributed by atoms with Crippen LogP contribution in [0.25, 0.3) is 11.4 Å². The number of nitrogens with zero attached hydrogens (tertiary/aromatic N) is 4. The van der Waals surface area contributed by atoms with Crippen molar-refractivity contribution in [3.8, 4) is 11.4 Å². The van der Waals surface area contributed by atoms with E-state index in [1.165, 1.54) is 11.8 Å². The predicted octanol–water partition coefficient (Wildman–Crippen LogP) is 4.75. The minimum atomic E-state index is -0.142. The van der Waals surface area contributed by atoms with E-state index in [0.29, 0.717) is 21.7 Å². The number of nitrogens with one attached hydrogen (secondary N) is 1. The number of halogens is 1. The van der Waals surface area contributed by atoms with E-state index in [1.54, 1.807) is 24.3 Å². The third-order valence-electron chi connectivity index (χ3n) is 4.15. The minimum absolute atomic E-state index is 0.142. The van der Waals surface area contributed by atoms with Crippen molar-refractivity contribution in [3.63, 3.8) is 0 Å². The quantitative estimate of drug-likeness (QED) is 0.454. The summed E-state index contributed by atoms with van der Waals surface area (Å²) in [5.74, 6) is 0.763. The molecule has 146 valence electrons. The third kappa shape index (κ3) is 4.52. The molecule has 0 radical (unpaired) electrons. The second kappa shape index (κ2) is 8.55. The number of rotatable bonds is 6. The van der Waals surface area contributed by atoms with Gasteiger partial charge in [0.25, 0.3) is 0 Å². The smallest absolute Gasteiger partial charge is 0.234 e. The van der Waals surface area contributed by atoms with Gasteiger partial charge in [0.15, 0.2) is 5.82 Å². The first kappa shape index (κ1) is 19.3. The highest BCUT2D eigenvalue weighted by Gasteiger charge is 2.17. The molecule has 0 aliphatic carbocycles. The van der Waals surface area contributed by atoms with Crippen molar-refractivity contribution in [1.29, 1.82) is 0 Å². The van der Waals surface area contributed by atoms with Crippen molar-refractivity contribution in [2.45, 2.75) is 12.1 Å². The molecule has 1 N–H and O–H groups in total. The molecule has 0 atom stereocenters. The van der Waals surface area contributed by atoms with Crippen molar-refractivity contribution in [1.82, 2.24) is 19.5 Å². The van der Waals surface area contributed by atoms with E-state index in [2.05, 4.69) is 21.6 Å². The summed E-state index contributed by atoms with van der Waals surface area (Å²) >= 11 is 7.29. The van der Waals surface area contributed by atoms with Crippen molar-refractivity contribution in [2.24, 2.45) is 0 Å². The molecule has 2 aromatic carbocycles. The molecule has 0 aliphatic heterocycles. The van der Waals surface area contributed by atoms with Crippen LogP contribution >= 0.6 is 23.4 Å². The number of aryl methyl sites for hydroxylation is 1. The summed E-state index contributed by atoms with van der Waals surface area (Å²) in [5.41, 5.74) is 2.76. The highest BCUT2D eigenvalue weighted by Crippen LogP contribution is 2.25. The SMILES string of the molecule is Cc1cccc(-c2nnc(SCC(=O)Nc3cccc(Cl)c3)n2-n2cccc2)c1. The Bertz CT molecular complexity index is 1140. The van der Waals surface area contributed by atoms with Gasteiger partial charge in [0.05, 0.1) is 5.75 Å². The molecule has 4 rings (SSSR count). The molecule has 0 bridgehead atoms. The number of carbonyl (C=O) groups excluding carboxylic acids is 1. The minimum Gasteiger partial charge on any atom is -0.325 e. The molecule has 4 aromatic rings. The lowest BCUT2D eigenvalue weighted by Crippen LogP contribution is -2.15. The van der Waals surface area contributed by atoms with Gasteiger partial charge < -0.3 is 5.32 Å². The van der Waals surface area contributed by atoms with Crippen molar-refractivity contribution < 1.29 is 4.79 Å². The standard InChI is InChI=1S/C21H18ClN5OS/c1-15-6-4-7-16(12-15)20-24-25-21(27(20)26-10-2-3-11-26)29-14-19(28)23-18-9-5-8-17(22)13-18/h2-13H,14H2,1H3,(H,23,28). The summed E-state index contributed by atoms with van der Waals surface area (Å²) in [6.45, 7) is 2.04. The van der Waals surface area contributed by atoms with E-state index in [4.69, 9.17) is 11.6 Å². The molecule has 0 saturated carbocycles. The van der Waals surface area contributed by atoms with Gasteiger partial charge in [-0.3, -0.25) is 9.47 Å². The number of hydrogen-bond donors (Lipinski definition) is 1. The Hall–Kier alpha value is -3.03. The summed E-state index contributed by atoms with van der Waals surface area (Å²) in [4.78, 5) is 12.4. The fourth-order valence-corrected chi connectivity index (χ4v) is 3.80. The molecule has 29 heavy (non-hydrogen) atoms. The van der Waals surface area contributed by atoms with Crippen LogP contribution < -0.4 is 5.32 Å². The van der Waals surface area contributed by atoms with Crippen LogP contribution in [-0.2, 0) is 4.79 Å². The number of benzene rings is 2. The zero-order valence-electron chi connectivity index (χ0n) is 15.6. The van der Waals surface area contributed by atoms with Gasteiger partial charge >= 0.3 is 0 Å². The van der Waals surface area contributed by atoms with Crippen molar-refractivity contribution >= 4 is 35.0 Å². The molecule has 6 nitrogen and oxygen atoms in total. The van der Waals surface area contributed by atoms with Crippen LogP contribution in [0.15, 0.2) is 78.2 Å². The van der Waals surface area contributed by atoms with Crippen LogP contribution in [0.3, 0.4) is 0 Å². The number of carbonyl (C=O) groups is 1. The van der Waals surface area contributed by atoms with Gasteiger partial charge in [0, 0.05) is 28.7 Å². The van der Waals surface area contributed by atoms with Crippen LogP contribution in [0.2, 0.25) is 5.02 Å². The average Bonchev–Trinajstić information content (AvgIpc) is 3.36. The number of hydrogen-bond acceptors (Lipinski definition) is 4. The normalized spacial score (nSPS) is 10.8. The highest BCUT2D eigenvalue weighted by molar-refractivity contribution is 7.99. The molecule has 2 heterocycles. The maximum Gasteiger partial charge on any atom is 0.234 e. The van der Waals surface area contributed by atoms with Gasteiger partial charge in [-0.2, -0.15) is 0 Å². The fraction of sp³-hybridized carbons (Fsp3) is 0.0952. The first-order valence-electron chi connectivity index (χ1n) is 8.94. The molecule has 0 saturated heterocycles. The van der Waals surface area contributed by atoms with Gasteiger partial charge in [-0.25, -0.2) is 4.68 Å². The lowest BCUT2D eigenvalue weighted by Gasteiger charge is -2.11. The number of anilines is 1. The Labute approximate surface area is 177 Å². The zero-order chi connectivity index (χ0) is 20.2. The maximum absolute atomic E-state index is 12.4. The predicted molar refractivity (Wildman–Crippen MR) is 116 cm³/mol. The highest BCUT2D eigenvalue weighted by atomic mass is 35.5. The molecule has 0 aliphatic rings. The summed E-state index contributed by atoms with van der Waals surface area (Å²) in [5, 5.41) is 12.7. The van der Waals surface area contributed by atoms with Crippen LogP contribution in [0.4, 0.5) is 5.69 Å². The van der Waals surface area contributed by atoms with Crippen LogP contribution in [-0.4, -0.2) is 31.2 Å². The topological polar surface area (TPSA) is 64.7 Å². The average molecular weight is 424 g/mol. The Morgan fingerprint density at radius 2 is 1.86 bits per heavy atom. The van der Waals surface area contributed by atoms with Crippen LogP contribution in [0.5, 0.6) is 0 Å². The molecule has 0 spiro atoms. The van der Waals surface area contributed by atoms with E-state index < -0.39 is 0 Å². The molecule has 1 amide bonds. The van der Waals surface area contributed by atoms with Gasteiger partial charge in [0.2, 0.25) is 11.1 Å². The molecule has 0 unspecified atom stereocenters. The Morgan fingerprint density at radius 1 is 1.07 bits per heavy atom. The van der Waals surface area contributed by atoms with E-state index in [0.717, 1.165) is 11.1 Å². The fourth-order valence-electron chi connectivity index (χ4n) is 2.88. The summed E-state index contributed by atoms with van der Waals surface area (Å²) in [6, 6.07) is 19.0. The Kier molecular flexibility index (Phi) is 5.69. The third-order valence-corrected chi connectivity index (χ3v) is 5.30. The first-order chi connectivity index (χ1) is 14.1. The summed E-state index contributed by atoms with van der Waals surface area (Å²) in [7, 11) is 0. The first-order valence-corrected chi connectivity index (χ1v) is 10.3. The largest absolute Gasteiger partial charge is 0.325 e. The van der Waals surface area contributed by atoms with Gasteiger partial charge in [-0.15, -0.1) is 10.2 Å². The van der Waals surface area contributed by atoms with Crippen molar-refractivity contribution in [3.05, 3.63) is 83.6 Å². The summed E-state index contributed by atoms with van der Waals surface area (Å²) < 4.78 is 3.79. The Morgan fingerprint density at radius 3 is 2.62 bits per heavy atom. The molecule has 0 fully saturated rings. The Balaban J connectivity index is 1.57. The molecule has 2 aromatic heterocycles. The van der Waals surface area contributed by atoms with Gasteiger partial charge in [0.1, 0.15) is 0 Å². The molecule has 8 heteroatoms. The molecular formula is C21H18ClN5OS. The number of thioether (sulfide) groups is 1. The number of aromatic nitrogens is 4. The molecular weight excluding hydrogens is 406 g/mol. The van der Waals surface area contributed by atoms with Crippen LogP contribution in [0, 0.1) is 6.92 Å². The lowest BCUT2D eigenvalue weighted by atomic mass is 10.1. The van der Waals surface area contributed by atoms with Gasteiger partial charge in [-0.05, 0) is 43.3 Å². The lowest BCUT2D eigenvalue weighted by molar-refractivity contribution is -0.113. The maximum atomic E-state index is 12.4. The van der Waals surface area contributed by atoms with Gasteiger partial charge in [-0.1, -0.05) is 53.2 Å². The second-order valence-electron chi connectivity index (χ2n) is 6.40. The van der Waals surface area contributed by atoms with Crippen molar-refractivity contribution in [2.75, 3.05) is 11.1 Å². The van der Waals surface area contributed by atoms with Crippen LogP contribution in [0.1, 0.15) is 5.56 Å². The monoisotopic (exact) mass is 423 g/mol. The number of amides is 1. The van der Waals surface area contributed by atoms with E-state index in [1.807, 2.05) is 59.0 Å². The second-order valence-corrected chi connectivity index (χ2v) is 7.78. The van der Waals surface area contributed by atoms with E-state index >= 15 is 0 Å². The van der Waals surface area contributed by atoms with E-state index in [9.17, 15) is 4.79 Å². The summed E-state index contributed by atoms with van der Waals surface area (Å²) in [6.07, 6.45) is 3.83.